The number of ether oxygens (including phenoxy) is 1. The zero-order chi connectivity index (χ0) is 15.0. The van der Waals surface area contributed by atoms with E-state index in [0.29, 0.717) is 5.02 Å². The number of benzene rings is 1. The fourth-order valence-electron chi connectivity index (χ4n) is 1.46. The lowest BCUT2D eigenvalue weighted by Gasteiger charge is -2.16. The number of aliphatic hydroxyl groups excluding tert-OH is 2. The van der Waals surface area contributed by atoms with E-state index in [1.165, 1.54) is 0 Å². The first kappa shape index (κ1) is 17.3. The lowest BCUT2D eigenvalue weighted by atomic mass is 10.2. The summed E-state index contributed by atoms with van der Waals surface area (Å²) in [4.78, 5) is 0. The SMILES string of the molecule is OCC(F)(F)CNCC(O)COCc1ccccc1Cl. The third-order valence-corrected chi connectivity index (χ3v) is 2.89. The van der Waals surface area contributed by atoms with Gasteiger partial charge in [0.25, 0.3) is 5.92 Å². The summed E-state index contributed by atoms with van der Waals surface area (Å²) >= 11 is 5.93. The van der Waals surface area contributed by atoms with Crippen molar-refractivity contribution >= 4 is 11.6 Å². The predicted molar refractivity (Wildman–Crippen MR) is 72.0 cm³/mol. The summed E-state index contributed by atoms with van der Waals surface area (Å²) in [6, 6.07) is 7.15. The molecule has 20 heavy (non-hydrogen) atoms. The fourth-order valence-corrected chi connectivity index (χ4v) is 1.65. The second kappa shape index (κ2) is 8.49. The van der Waals surface area contributed by atoms with E-state index in [0.717, 1.165) is 5.56 Å². The van der Waals surface area contributed by atoms with Crippen LogP contribution in [-0.4, -0.2) is 48.5 Å². The molecule has 3 N–H and O–H groups in total. The molecule has 7 heteroatoms. The van der Waals surface area contributed by atoms with Crippen LogP contribution in [0.1, 0.15) is 5.56 Å². The van der Waals surface area contributed by atoms with Gasteiger partial charge in [-0.15, -0.1) is 0 Å². The molecular formula is C13H18ClF2NO3. The zero-order valence-corrected chi connectivity index (χ0v) is 11.6. The van der Waals surface area contributed by atoms with Crippen LogP contribution >= 0.6 is 11.6 Å². The highest BCUT2D eigenvalue weighted by molar-refractivity contribution is 6.31. The maximum Gasteiger partial charge on any atom is 0.282 e. The molecule has 0 fully saturated rings. The molecule has 0 aliphatic rings. The Morgan fingerprint density at radius 1 is 1.35 bits per heavy atom. The highest BCUT2D eigenvalue weighted by atomic mass is 35.5. The summed E-state index contributed by atoms with van der Waals surface area (Å²) in [6.45, 7) is -1.71. The minimum Gasteiger partial charge on any atom is -0.390 e. The smallest absolute Gasteiger partial charge is 0.282 e. The molecule has 0 aliphatic heterocycles. The molecule has 0 bridgehead atoms. The van der Waals surface area contributed by atoms with Gasteiger partial charge in [0.15, 0.2) is 0 Å². The first-order chi connectivity index (χ1) is 9.44. The van der Waals surface area contributed by atoms with Crippen molar-refractivity contribution in [2.75, 3.05) is 26.3 Å². The van der Waals surface area contributed by atoms with Crippen LogP contribution in [0.25, 0.3) is 0 Å². The van der Waals surface area contributed by atoms with E-state index >= 15 is 0 Å². The topological polar surface area (TPSA) is 61.7 Å². The number of aliphatic hydroxyl groups is 2. The summed E-state index contributed by atoms with van der Waals surface area (Å²) in [5, 5.41) is 20.8. The van der Waals surface area contributed by atoms with Gasteiger partial charge >= 0.3 is 0 Å². The van der Waals surface area contributed by atoms with E-state index in [9.17, 15) is 13.9 Å². The molecule has 0 spiro atoms. The van der Waals surface area contributed by atoms with Gasteiger partial charge in [0.2, 0.25) is 0 Å². The third-order valence-electron chi connectivity index (χ3n) is 2.52. The minimum atomic E-state index is -3.18. The van der Waals surface area contributed by atoms with E-state index < -0.39 is 25.2 Å². The third kappa shape index (κ3) is 6.58. The van der Waals surface area contributed by atoms with Crippen molar-refractivity contribution in [3.8, 4) is 0 Å². The van der Waals surface area contributed by atoms with Crippen LogP contribution in [0.5, 0.6) is 0 Å². The number of hydrogen-bond acceptors (Lipinski definition) is 4. The Morgan fingerprint density at radius 2 is 2.05 bits per heavy atom. The average Bonchev–Trinajstić information content (AvgIpc) is 2.41. The molecule has 1 unspecified atom stereocenters. The minimum absolute atomic E-state index is 0.00290. The lowest BCUT2D eigenvalue weighted by molar-refractivity contribution is -0.0504. The van der Waals surface area contributed by atoms with Crippen molar-refractivity contribution < 1.29 is 23.7 Å². The normalized spacial score (nSPS) is 13.4. The zero-order valence-electron chi connectivity index (χ0n) is 10.9. The van der Waals surface area contributed by atoms with Gasteiger partial charge in [-0.2, -0.15) is 0 Å². The quantitative estimate of drug-likeness (QED) is 0.646. The second-order valence-corrected chi connectivity index (χ2v) is 4.81. The Kier molecular flexibility index (Phi) is 7.32. The van der Waals surface area contributed by atoms with Crippen LogP contribution in [-0.2, 0) is 11.3 Å². The van der Waals surface area contributed by atoms with Gasteiger partial charge < -0.3 is 20.3 Å². The van der Waals surface area contributed by atoms with Gasteiger partial charge in [-0.3, -0.25) is 0 Å². The summed E-state index contributed by atoms with van der Waals surface area (Å²) < 4.78 is 30.6. The molecule has 0 heterocycles. The van der Waals surface area contributed by atoms with Crippen molar-refractivity contribution in [3.63, 3.8) is 0 Å². The Labute approximate surface area is 121 Å². The van der Waals surface area contributed by atoms with Crippen molar-refractivity contribution in [2.45, 2.75) is 18.6 Å². The molecule has 0 aliphatic carbocycles. The van der Waals surface area contributed by atoms with Gasteiger partial charge in [0.05, 0.1) is 25.9 Å². The van der Waals surface area contributed by atoms with E-state index in [-0.39, 0.29) is 19.8 Å². The number of nitrogens with one attached hydrogen (secondary N) is 1. The van der Waals surface area contributed by atoms with E-state index in [1.54, 1.807) is 18.2 Å². The molecule has 1 rings (SSSR count). The molecule has 4 nitrogen and oxygen atoms in total. The molecule has 0 saturated heterocycles. The predicted octanol–water partition coefficient (Wildman–Crippen LogP) is 1.43. The maximum atomic E-state index is 12.7. The van der Waals surface area contributed by atoms with E-state index in [1.807, 2.05) is 6.07 Å². The number of rotatable bonds is 9. The van der Waals surface area contributed by atoms with Gasteiger partial charge in [0.1, 0.15) is 6.61 Å². The Morgan fingerprint density at radius 3 is 2.70 bits per heavy atom. The van der Waals surface area contributed by atoms with Crippen LogP contribution in [0.4, 0.5) is 8.78 Å². The summed E-state index contributed by atoms with van der Waals surface area (Å²) in [5.41, 5.74) is 0.793. The Bertz CT molecular complexity index is 407. The Hall–Kier alpha value is -0.790. The van der Waals surface area contributed by atoms with Gasteiger partial charge in [-0.05, 0) is 11.6 Å². The highest BCUT2D eigenvalue weighted by Crippen LogP contribution is 2.15. The maximum absolute atomic E-state index is 12.7. The van der Waals surface area contributed by atoms with Crippen molar-refractivity contribution in [1.29, 1.82) is 0 Å². The van der Waals surface area contributed by atoms with E-state index in [4.69, 9.17) is 21.4 Å². The lowest BCUT2D eigenvalue weighted by Crippen LogP contribution is -2.40. The summed E-state index contributed by atoms with van der Waals surface area (Å²) in [7, 11) is 0. The molecule has 0 aromatic heterocycles. The first-order valence-electron chi connectivity index (χ1n) is 6.13. The molecule has 1 atom stereocenters. The fraction of sp³-hybridized carbons (Fsp3) is 0.538. The van der Waals surface area contributed by atoms with Crippen LogP contribution in [0, 0.1) is 0 Å². The molecule has 114 valence electrons. The van der Waals surface area contributed by atoms with Crippen LogP contribution in [0.15, 0.2) is 24.3 Å². The molecular weight excluding hydrogens is 292 g/mol. The van der Waals surface area contributed by atoms with Gasteiger partial charge in [-0.25, -0.2) is 8.78 Å². The average molecular weight is 310 g/mol. The highest BCUT2D eigenvalue weighted by Gasteiger charge is 2.27. The molecule has 0 amide bonds. The van der Waals surface area contributed by atoms with Crippen molar-refractivity contribution in [2.24, 2.45) is 0 Å². The molecule has 0 radical (unpaired) electrons. The molecule has 1 aromatic rings. The Balaban J connectivity index is 2.18. The monoisotopic (exact) mass is 309 g/mol. The van der Waals surface area contributed by atoms with Crippen molar-refractivity contribution in [1.82, 2.24) is 5.32 Å². The largest absolute Gasteiger partial charge is 0.390 e. The number of hydrogen-bond donors (Lipinski definition) is 3. The van der Waals surface area contributed by atoms with Crippen LogP contribution in [0.3, 0.4) is 0 Å². The molecule has 0 saturated carbocycles. The summed E-state index contributed by atoms with van der Waals surface area (Å²) in [6.07, 6.45) is -0.910. The van der Waals surface area contributed by atoms with Crippen LogP contribution in [0.2, 0.25) is 5.02 Å². The standard InChI is InChI=1S/C13H18ClF2NO3/c14-12-4-2-1-3-10(12)6-20-7-11(19)5-17-8-13(15,16)9-18/h1-4,11,17-19H,5-9H2. The van der Waals surface area contributed by atoms with Gasteiger partial charge in [0, 0.05) is 11.6 Å². The second-order valence-electron chi connectivity index (χ2n) is 4.41. The van der Waals surface area contributed by atoms with Gasteiger partial charge in [-0.1, -0.05) is 29.8 Å². The summed E-state index contributed by atoms with van der Waals surface area (Å²) in [5.74, 6) is -3.18. The van der Waals surface area contributed by atoms with E-state index in [2.05, 4.69) is 5.32 Å². The number of halogens is 3. The first-order valence-corrected chi connectivity index (χ1v) is 6.51. The molecule has 1 aromatic carbocycles. The van der Waals surface area contributed by atoms with Crippen molar-refractivity contribution in [3.05, 3.63) is 34.9 Å². The van der Waals surface area contributed by atoms with Crippen LogP contribution < -0.4 is 5.32 Å². The number of alkyl halides is 2.